The molecule has 0 saturated heterocycles. The summed E-state index contributed by atoms with van der Waals surface area (Å²) in [7, 11) is 0. The van der Waals surface area contributed by atoms with E-state index in [1.54, 1.807) is 6.20 Å². The fourth-order valence-electron chi connectivity index (χ4n) is 2.25. The number of hydrogen-bond donors (Lipinski definition) is 1. The first-order valence-electron chi connectivity index (χ1n) is 5.99. The highest BCUT2D eigenvalue weighted by Gasteiger charge is 2.12. The summed E-state index contributed by atoms with van der Waals surface area (Å²) in [6.07, 6.45) is 2.47. The zero-order valence-electron chi connectivity index (χ0n) is 10.2. The fourth-order valence-corrected chi connectivity index (χ4v) is 2.25. The van der Waals surface area contributed by atoms with Gasteiger partial charge in [0, 0.05) is 17.1 Å². The minimum atomic E-state index is 0.437. The molecular weight excluding hydrogens is 236 g/mol. The third-order valence-corrected chi connectivity index (χ3v) is 3.18. The minimum Gasteiger partial charge on any atom is -0.396 e. The Bertz CT molecular complexity index is 751. The lowest BCUT2D eigenvalue weighted by Crippen LogP contribution is -1.99. The molecule has 0 aliphatic rings. The average molecular weight is 248 g/mol. The molecule has 2 aromatic carbocycles. The van der Waals surface area contributed by atoms with Gasteiger partial charge in [-0.05, 0) is 23.3 Å². The molecule has 0 fully saturated rings. The van der Waals surface area contributed by atoms with Crippen LogP contribution in [0.3, 0.4) is 0 Å². The molecule has 19 heavy (non-hydrogen) atoms. The molecule has 0 bridgehead atoms. The fraction of sp³-hybridized carbons (Fsp3) is 0. The van der Waals surface area contributed by atoms with Gasteiger partial charge >= 0.3 is 0 Å². The molecule has 1 aromatic heterocycles. The lowest BCUT2D eigenvalue weighted by molar-refractivity contribution is 0.112. The van der Waals surface area contributed by atoms with Crippen molar-refractivity contribution in [3.05, 3.63) is 60.3 Å². The maximum absolute atomic E-state index is 11.4. The standard InChI is InChI=1S/C16H12N2O/c17-15-14(10-19)13(11-5-2-1-3-6-11)9-12-7-4-8-18-16(12)15/h1-10H,17H2. The van der Waals surface area contributed by atoms with Crippen LogP contribution in [0.25, 0.3) is 22.0 Å². The Labute approximate surface area is 110 Å². The second-order valence-electron chi connectivity index (χ2n) is 4.31. The van der Waals surface area contributed by atoms with Gasteiger partial charge in [0.25, 0.3) is 0 Å². The number of fused-ring (bicyclic) bond motifs is 1. The molecule has 0 atom stereocenters. The second-order valence-corrected chi connectivity index (χ2v) is 4.31. The minimum absolute atomic E-state index is 0.437. The van der Waals surface area contributed by atoms with Gasteiger partial charge in [-0.2, -0.15) is 0 Å². The molecular formula is C16H12N2O. The summed E-state index contributed by atoms with van der Waals surface area (Å²) in [5.74, 6) is 0. The second kappa shape index (κ2) is 4.53. The molecule has 2 N–H and O–H groups in total. The van der Waals surface area contributed by atoms with Gasteiger partial charge in [0.15, 0.2) is 6.29 Å². The summed E-state index contributed by atoms with van der Waals surface area (Å²) in [5, 5.41) is 0.935. The number of aldehydes is 1. The largest absolute Gasteiger partial charge is 0.396 e. The topological polar surface area (TPSA) is 56.0 Å². The number of anilines is 1. The van der Waals surface area contributed by atoms with E-state index in [-0.39, 0.29) is 0 Å². The summed E-state index contributed by atoms with van der Waals surface area (Å²) in [5.41, 5.74) is 9.49. The van der Waals surface area contributed by atoms with Crippen LogP contribution < -0.4 is 5.73 Å². The predicted molar refractivity (Wildman–Crippen MR) is 77.0 cm³/mol. The van der Waals surface area contributed by atoms with Crippen LogP contribution in [-0.4, -0.2) is 11.3 Å². The number of rotatable bonds is 2. The van der Waals surface area contributed by atoms with Crippen molar-refractivity contribution in [3.63, 3.8) is 0 Å². The number of carbonyl (C=O) groups excluding carboxylic acids is 1. The zero-order chi connectivity index (χ0) is 13.2. The van der Waals surface area contributed by atoms with Crippen molar-refractivity contribution >= 4 is 22.9 Å². The van der Waals surface area contributed by atoms with Gasteiger partial charge in [0.05, 0.1) is 11.2 Å². The molecule has 0 unspecified atom stereocenters. The van der Waals surface area contributed by atoms with E-state index in [4.69, 9.17) is 5.73 Å². The van der Waals surface area contributed by atoms with Crippen molar-refractivity contribution in [2.24, 2.45) is 0 Å². The first kappa shape index (κ1) is 11.4. The Morgan fingerprint density at radius 1 is 1.05 bits per heavy atom. The molecule has 0 spiro atoms. The number of nitrogens with zero attached hydrogens (tertiary/aromatic N) is 1. The molecule has 0 amide bonds. The predicted octanol–water partition coefficient (Wildman–Crippen LogP) is 3.30. The maximum Gasteiger partial charge on any atom is 0.152 e. The lowest BCUT2D eigenvalue weighted by atomic mass is 9.96. The molecule has 92 valence electrons. The third kappa shape index (κ3) is 1.85. The first-order valence-corrected chi connectivity index (χ1v) is 5.99. The van der Waals surface area contributed by atoms with Gasteiger partial charge in [0.1, 0.15) is 0 Å². The van der Waals surface area contributed by atoms with Gasteiger partial charge < -0.3 is 5.73 Å². The van der Waals surface area contributed by atoms with Gasteiger partial charge in [0.2, 0.25) is 0 Å². The number of carbonyl (C=O) groups is 1. The van der Waals surface area contributed by atoms with Crippen LogP contribution in [0.5, 0.6) is 0 Å². The Balaban J connectivity index is 2.39. The smallest absolute Gasteiger partial charge is 0.152 e. The number of aromatic nitrogens is 1. The van der Waals surface area contributed by atoms with Crippen molar-refractivity contribution in [1.82, 2.24) is 4.98 Å². The molecule has 3 heteroatoms. The Kier molecular flexibility index (Phi) is 2.72. The summed E-state index contributed by atoms with van der Waals surface area (Å²) in [6.45, 7) is 0. The van der Waals surface area contributed by atoms with Crippen LogP contribution in [0.15, 0.2) is 54.7 Å². The Morgan fingerprint density at radius 3 is 2.58 bits per heavy atom. The lowest BCUT2D eigenvalue weighted by Gasteiger charge is -2.10. The molecule has 3 nitrogen and oxygen atoms in total. The van der Waals surface area contributed by atoms with E-state index in [0.717, 1.165) is 22.8 Å². The Morgan fingerprint density at radius 2 is 1.84 bits per heavy atom. The maximum atomic E-state index is 11.4. The van der Waals surface area contributed by atoms with E-state index in [9.17, 15) is 4.79 Å². The van der Waals surface area contributed by atoms with Crippen LogP contribution in [0.4, 0.5) is 5.69 Å². The van der Waals surface area contributed by atoms with E-state index in [0.29, 0.717) is 16.8 Å². The quantitative estimate of drug-likeness (QED) is 0.559. The first-order chi connectivity index (χ1) is 9.31. The summed E-state index contributed by atoms with van der Waals surface area (Å²) in [4.78, 5) is 15.6. The molecule has 3 rings (SSSR count). The SMILES string of the molecule is Nc1c(C=O)c(-c2ccccc2)cc2cccnc12. The van der Waals surface area contributed by atoms with Crippen molar-refractivity contribution < 1.29 is 4.79 Å². The number of nitrogen functional groups attached to an aromatic ring is 1. The molecule has 3 aromatic rings. The van der Waals surface area contributed by atoms with Gasteiger partial charge in [-0.1, -0.05) is 36.4 Å². The highest BCUT2D eigenvalue weighted by molar-refractivity contribution is 6.05. The highest BCUT2D eigenvalue weighted by atomic mass is 16.1. The normalized spacial score (nSPS) is 10.5. The monoisotopic (exact) mass is 248 g/mol. The summed E-state index contributed by atoms with van der Waals surface area (Å²) < 4.78 is 0. The van der Waals surface area contributed by atoms with Crippen molar-refractivity contribution in [3.8, 4) is 11.1 Å². The molecule has 0 radical (unpaired) electrons. The van der Waals surface area contributed by atoms with E-state index >= 15 is 0 Å². The van der Waals surface area contributed by atoms with E-state index < -0.39 is 0 Å². The molecule has 0 aliphatic carbocycles. The summed E-state index contributed by atoms with van der Waals surface area (Å²) in [6, 6.07) is 15.5. The zero-order valence-corrected chi connectivity index (χ0v) is 10.2. The van der Waals surface area contributed by atoms with Crippen LogP contribution in [0.2, 0.25) is 0 Å². The van der Waals surface area contributed by atoms with Crippen LogP contribution in [-0.2, 0) is 0 Å². The number of pyridine rings is 1. The van der Waals surface area contributed by atoms with Gasteiger partial charge in [-0.25, -0.2) is 0 Å². The van der Waals surface area contributed by atoms with Crippen molar-refractivity contribution in [1.29, 1.82) is 0 Å². The van der Waals surface area contributed by atoms with E-state index in [1.807, 2.05) is 48.5 Å². The molecule has 0 saturated carbocycles. The third-order valence-electron chi connectivity index (χ3n) is 3.18. The number of benzene rings is 2. The highest BCUT2D eigenvalue weighted by Crippen LogP contribution is 2.32. The van der Waals surface area contributed by atoms with Crippen molar-refractivity contribution in [2.45, 2.75) is 0 Å². The van der Waals surface area contributed by atoms with Crippen molar-refractivity contribution in [2.75, 3.05) is 5.73 Å². The van der Waals surface area contributed by atoms with Crippen LogP contribution in [0, 0.1) is 0 Å². The van der Waals surface area contributed by atoms with Crippen LogP contribution in [0.1, 0.15) is 10.4 Å². The van der Waals surface area contributed by atoms with Gasteiger partial charge in [-0.3, -0.25) is 9.78 Å². The Hall–Kier alpha value is -2.68. The van der Waals surface area contributed by atoms with Crippen LogP contribution >= 0.6 is 0 Å². The van der Waals surface area contributed by atoms with E-state index in [1.165, 1.54) is 0 Å². The van der Waals surface area contributed by atoms with Gasteiger partial charge in [-0.15, -0.1) is 0 Å². The van der Waals surface area contributed by atoms with E-state index in [2.05, 4.69) is 4.98 Å². The number of hydrogen-bond acceptors (Lipinski definition) is 3. The number of nitrogens with two attached hydrogens (primary N) is 1. The summed E-state index contributed by atoms with van der Waals surface area (Å²) >= 11 is 0. The molecule has 0 aliphatic heterocycles. The molecule has 1 heterocycles. The average Bonchev–Trinajstić information content (AvgIpc) is 2.48.